The van der Waals surface area contributed by atoms with Crippen LogP contribution in [0.3, 0.4) is 0 Å². The van der Waals surface area contributed by atoms with Gasteiger partial charge in [0.15, 0.2) is 0 Å². The third-order valence-corrected chi connectivity index (χ3v) is 5.69. The molecular weight excluding hydrogens is 396 g/mol. The molecule has 0 bridgehead atoms. The van der Waals surface area contributed by atoms with Crippen LogP contribution in [0.25, 0.3) is 0 Å². The normalized spacial score (nSPS) is 11.3. The number of nitro benzene ring substituents is 1. The van der Waals surface area contributed by atoms with Crippen LogP contribution in [0.15, 0.2) is 47.4 Å². The molecule has 27 heavy (non-hydrogen) atoms. The molecule has 0 heterocycles. The maximum atomic E-state index is 12.6. The molecule has 0 radical (unpaired) electrons. The van der Waals surface area contributed by atoms with Crippen molar-refractivity contribution in [3.8, 4) is 0 Å². The minimum Gasteiger partial charge on any atom is -0.383 e. The summed E-state index contributed by atoms with van der Waals surface area (Å²) < 4.78 is 26.1. The zero-order valence-electron chi connectivity index (χ0n) is 14.5. The quantitative estimate of drug-likeness (QED) is 0.532. The fourth-order valence-electron chi connectivity index (χ4n) is 2.24. The fourth-order valence-corrected chi connectivity index (χ4v) is 3.51. The van der Waals surface area contributed by atoms with E-state index < -0.39 is 27.4 Å². The number of sulfonamides is 1. The van der Waals surface area contributed by atoms with Crippen molar-refractivity contribution >= 4 is 44.6 Å². The van der Waals surface area contributed by atoms with Crippen LogP contribution in [-0.4, -0.2) is 44.2 Å². The van der Waals surface area contributed by atoms with Gasteiger partial charge >= 0.3 is 0 Å². The van der Waals surface area contributed by atoms with E-state index in [1.54, 1.807) is 24.3 Å². The standard InChI is InChI=1S/C16H17ClN4O5S/c1-18-14-8-7-13(9-15(14)21(23)24)27(25,26)20(2)10-16(22)19-12-5-3-11(17)4-6-12/h3-9,18H,10H2,1-2H3,(H,19,22). The lowest BCUT2D eigenvalue weighted by Crippen LogP contribution is -2.35. The van der Waals surface area contributed by atoms with E-state index in [9.17, 15) is 23.3 Å². The average molecular weight is 413 g/mol. The van der Waals surface area contributed by atoms with Crippen molar-refractivity contribution in [1.82, 2.24) is 4.31 Å². The van der Waals surface area contributed by atoms with Crippen molar-refractivity contribution in [1.29, 1.82) is 0 Å². The molecule has 0 aliphatic heterocycles. The zero-order valence-corrected chi connectivity index (χ0v) is 16.0. The van der Waals surface area contributed by atoms with Crippen LogP contribution < -0.4 is 10.6 Å². The Kier molecular flexibility index (Phi) is 6.37. The number of hydrogen-bond donors (Lipinski definition) is 2. The number of nitro groups is 1. The predicted molar refractivity (Wildman–Crippen MR) is 103 cm³/mol. The Morgan fingerprint density at radius 1 is 1.22 bits per heavy atom. The predicted octanol–water partition coefficient (Wildman–Crippen LogP) is 2.55. The summed E-state index contributed by atoms with van der Waals surface area (Å²) in [4.78, 5) is 22.2. The fraction of sp³-hybridized carbons (Fsp3) is 0.188. The number of anilines is 2. The van der Waals surface area contributed by atoms with Crippen molar-refractivity contribution < 1.29 is 18.1 Å². The molecule has 11 heteroatoms. The van der Waals surface area contributed by atoms with Crippen LogP contribution in [0.5, 0.6) is 0 Å². The number of nitrogens with one attached hydrogen (secondary N) is 2. The van der Waals surface area contributed by atoms with Gasteiger partial charge in [-0.1, -0.05) is 11.6 Å². The summed E-state index contributed by atoms with van der Waals surface area (Å²) in [6, 6.07) is 9.81. The van der Waals surface area contributed by atoms with E-state index >= 15 is 0 Å². The monoisotopic (exact) mass is 412 g/mol. The molecule has 0 aliphatic carbocycles. The van der Waals surface area contributed by atoms with E-state index in [1.807, 2.05) is 0 Å². The second-order valence-electron chi connectivity index (χ2n) is 5.50. The van der Waals surface area contributed by atoms with Crippen LogP contribution in [0.2, 0.25) is 5.02 Å². The van der Waals surface area contributed by atoms with Crippen molar-refractivity contribution in [3.05, 3.63) is 57.6 Å². The van der Waals surface area contributed by atoms with E-state index in [1.165, 1.54) is 26.2 Å². The van der Waals surface area contributed by atoms with E-state index in [-0.39, 0.29) is 16.3 Å². The van der Waals surface area contributed by atoms with Crippen molar-refractivity contribution in [3.63, 3.8) is 0 Å². The summed E-state index contributed by atoms with van der Waals surface area (Å²) in [6.07, 6.45) is 0. The molecule has 144 valence electrons. The van der Waals surface area contributed by atoms with Crippen LogP contribution in [0.4, 0.5) is 17.1 Å². The van der Waals surface area contributed by atoms with Gasteiger partial charge in [0.2, 0.25) is 15.9 Å². The molecule has 0 saturated carbocycles. The molecule has 1 amide bonds. The Balaban J connectivity index is 2.18. The number of rotatable bonds is 7. The molecule has 0 aromatic heterocycles. The van der Waals surface area contributed by atoms with Crippen LogP contribution >= 0.6 is 11.6 Å². The number of benzene rings is 2. The summed E-state index contributed by atoms with van der Waals surface area (Å²) in [5.74, 6) is -0.565. The van der Waals surface area contributed by atoms with E-state index in [2.05, 4.69) is 10.6 Å². The van der Waals surface area contributed by atoms with Gasteiger partial charge in [0.05, 0.1) is 16.4 Å². The number of hydrogen-bond acceptors (Lipinski definition) is 6. The maximum Gasteiger partial charge on any atom is 0.293 e. The van der Waals surface area contributed by atoms with E-state index in [4.69, 9.17) is 11.6 Å². The van der Waals surface area contributed by atoms with Crippen LogP contribution in [-0.2, 0) is 14.8 Å². The topological polar surface area (TPSA) is 122 Å². The van der Waals surface area contributed by atoms with Crippen molar-refractivity contribution in [2.24, 2.45) is 0 Å². The molecule has 2 rings (SSSR count). The number of carbonyl (C=O) groups is 1. The van der Waals surface area contributed by atoms with E-state index in [0.717, 1.165) is 10.4 Å². The number of nitrogens with zero attached hydrogens (tertiary/aromatic N) is 2. The highest BCUT2D eigenvalue weighted by Gasteiger charge is 2.26. The van der Waals surface area contributed by atoms with Crippen molar-refractivity contribution in [2.75, 3.05) is 31.3 Å². The minimum absolute atomic E-state index is 0.182. The SMILES string of the molecule is CNc1ccc(S(=O)(=O)N(C)CC(=O)Nc2ccc(Cl)cc2)cc1[N+](=O)[O-]. The summed E-state index contributed by atoms with van der Waals surface area (Å²) in [5, 5.41) is 16.8. The van der Waals surface area contributed by atoms with Crippen LogP contribution in [0.1, 0.15) is 0 Å². The molecule has 0 aliphatic rings. The number of likely N-dealkylation sites (N-methyl/N-ethyl adjacent to an activating group) is 1. The number of halogens is 1. The second-order valence-corrected chi connectivity index (χ2v) is 7.98. The zero-order chi connectivity index (χ0) is 20.2. The minimum atomic E-state index is -4.09. The molecule has 0 saturated heterocycles. The molecule has 9 nitrogen and oxygen atoms in total. The van der Waals surface area contributed by atoms with Gasteiger partial charge in [-0.05, 0) is 36.4 Å². The van der Waals surface area contributed by atoms with Gasteiger partial charge in [0, 0.05) is 30.9 Å². The Labute approximate surface area is 161 Å². The third kappa shape index (κ3) is 4.94. The largest absolute Gasteiger partial charge is 0.383 e. The molecule has 0 spiro atoms. The Morgan fingerprint density at radius 2 is 1.85 bits per heavy atom. The molecular formula is C16H17ClN4O5S. The van der Waals surface area contributed by atoms with Gasteiger partial charge in [0.1, 0.15) is 5.69 Å². The molecule has 2 N–H and O–H groups in total. The van der Waals surface area contributed by atoms with Gasteiger partial charge < -0.3 is 10.6 Å². The lowest BCUT2D eigenvalue weighted by Gasteiger charge is -2.17. The highest BCUT2D eigenvalue weighted by Crippen LogP contribution is 2.28. The third-order valence-electron chi connectivity index (χ3n) is 3.64. The molecule has 2 aromatic carbocycles. The Morgan fingerprint density at radius 3 is 2.41 bits per heavy atom. The molecule has 0 fully saturated rings. The van der Waals surface area contributed by atoms with Gasteiger partial charge in [-0.3, -0.25) is 14.9 Å². The first-order valence-electron chi connectivity index (χ1n) is 7.63. The van der Waals surface area contributed by atoms with E-state index in [0.29, 0.717) is 10.7 Å². The molecule has 2 aromatic rings. The lowest BCUT2D eigenvalue weighted by molar-refractivity contribution is -0.384. The molecule has 0 unspecified atom stereocenters. The van der Waals surface area contributed by atoms with Gasteiger partial charge in [0.25, 0.3) is 5.69 Å². The van der Waals surface area contributed by atoms with Gasteiger partial charge in [-0.15, -0.1) is 0 Å². The average Bonchev–Trinajstić information content (AvgIpc) is 2.62. The Bertz CT molecular complexity index is 963. The maximum absolute atomic E-state index is 12.6. The smallest absolute Gasteiger partial charge is 0.293 e. The summed E-state index contributed by atoms with van der Waals surface area (Å²) in [6.45, 7) is -0.466. The first kappa shape index (κ1) is 20.6. The van der Waals surface area contributed by atoms with Crippen LogP contribution in [0, 0.1) is 10.1 Å². The summed E-state index contributed by atoms with van der Waals surface area (Å²) in [7, 11) is -1.39. The van der Waals surface area contributed by atoms with Gasteiger partial charge in [-0.25, -0.2) is 8.42 Å². The van der Waals surface area contributed by atoms with Gasteiger partial charge in [-0.2, -0.15) is 4.31 Å². The summed E-state index contributed by atoms with van der Waals surface area (Å²) >= 11 is 5.76. The van der Waals surface area contributed by atoms with Crippen molar-refractivity contribution in [2.45, 2.75) is 4.90 Å². The first-order chi connectivity index (χ1) is 12.6. The first-order valence-corrected chi connectivity index (χ1v) is 9.45. The molecule has 0 atom stereocenters. The highest BCUT2D eigenvalue weighted by atomic mass is 35.5. The lowest BCUT2D eigenvalue weighted by atomic mass is 10.3. The second kappa shape index (κ2) is 8.33. The number of carbonyl (C=O) groups excluding carboxylic acids is 1. The Hall–Kier alpha value is -2.69. The highest BCUT2D eigenvalue weighted by molar-refractivity contribution is 7.89. The number of amides is 1. The summed E-state index contributed by atoms with van der Waals surface area (Å²) in [5.41, 5.74) is 0.267.